The van der Waals surface area contributed by atoms with Gasteiger partial charge in [-0.1, -0.05) is 0 Å². The van der Waals surface area contributed by atoms with Crippen molar-refractivity contribution in [2.45, 2.75) is 42.7 Å². The standard InChI is InChI=1S/C13H17.C6H7.2ClH.Hf/c1-3-7-12-10(5-1)9-11-6-2-4-8-13(11)12;1-6-4-2-3-5-6;;;/h1,3,5,7,9-13H,2,4,6,8H2;2,4H,3H2,1H3;2*1H;/q;;;;+2/p-2. The van der Waals surface area contributed by atoms with Gasteiger partial charge in [-0.05, 0) is 0 Å². The largest absolute Gasteiger partial charge is 1.00 e. The van der Waals surface area contributed by atoms with Crippen LogP contribution in [-0.4, -0.2) is 0 Å². The van der Waals surface area contributed by atoms with Gasteiger partial charge in [0, 0.05) is 0 Å². The van der Waals surface area contributed by atoms with E-state index in [2.05, 4.69) is 43.4 Å². The average Bonchev–Trinajstić information content (AvgIpc) is 3.03. The Labute approximate surface area is 158 Å². The van der Waals surface area contributed by atoms with E-state index in [1.54, 1.807) is 5.57 Å². The molecule has 0 aromatic heterocycles. The first-order chi connectivity index (χ1) is 9.84. The third-order valence-corrected chi connectivity index (χ3v) is 13.5. The third kappa shape index (κ3) is 3.28. The molecule has 0 aromatic carbocycles. The van der Waals surface area contributed by atoms with Gasteiger partial charge in [-0.25, -0.2) is 0 Å². The fourth-order valence-electron chi connectivity index (χ4n) is 5.02. The molecule has 22 heavy (non-hydrogen) atoms. The maximum Gasteiger partial charge on any atom is -1.00 e. The number of fused-ring (bicyclic) bond motifs is 3. The molecule has 4 rings (SSSR count). The average molecular weight is 502 g/mol. The van der Waals surface area contributed by atoms with Gasteiger partial charge in [0.2, 0.25) is 0 Å². The molecule has 0 aliphatic heterocycles. The number of hydrogen-bond donors (Lipinski definition) is 0. The third-order valence-electron chi connectivity index (χ3n) is 5.97. The fourth-order valence-corrected chi connectivity index (χ4v) is 12.6. The van der Waals surface area contributed by atoms with E-state index in [1.807, 2.05) is 3.33 Å². The predicted octanol–water partition coefficient (Wildman–Crippen LogP) is -0.722. The summed E-state index contributed by atoms with van der Waals surface area (Å²) in [6.07, 6.45) is 21.9. The summed E-state index contributed by atoms with van der Waals surface area (Å²) >= 11 is -0.660. The SMILES string of the molecule is CC1=[C]([Hf+2][CH]2C3C=CC=CC3C3CCCCC32)CC=C1.[Cl-].[Cl-]. The van der Waals surface area contributed by atoms with Crippen molar-refractivity contribution >= 4 is 0 Å². The fraction of sp³-hybridized carbons (Fsp3) is 0.579. The van der Waals surface area contributed by atoms with Crippen LogP contribution in [-0.2, 0) is 22.9 Å². The van der Waals surface area contributed by atoms with E-state index in [4.69, 9.17) is 0 Å². The van der Waals surface area contributed by atoms with Crippen molar-refractivity contribution in [3.63, 3.8) is 0 Å². The van der Waals surface area contributed by atoms with Crippen LogP contribution in [0.4, 0.5) is 0 Å². The van der Waals surface area contributed by atoms with Gasteiger partial charge in [-0.3, -0.25) is 0 Å². The predicted molar refractivity (Wildman–Crippen MR) is 80.9 cm³/mol. The summed E-state index contributed by atoms with van der Waals surface area (Å²) in [5, 5.41) is 0. The summed E-state index contributed by atoms with van der Waals surface area (Å²) < 4.78 is 3.03. The molecule has 5 unspecified atom stereocenters. The van der Waals surface area contributed by atoms with E-state index in [1.165, 1.54) is 32.1 Å². The van der Waals surface area contributed by atoms with Crippen molar-refractivity contribution in [2.75, 3.05) is 0 Å². The Balaban J connectivity index is 0.000000882. The summed E-state index contributed by atoms with van der Waals surface area (Å²) in [7, 11) is 0. The zero-order valence-electron chi connectivity index (χ0n) is 13.1. The topological polar surface area (TPSA) is 0 Å². The molecule has 0 heterocycles. The van der Waals surface area contributed by atoms with Crippen LogP contribution in [0.2, 0.25) is 3.67 Å². The number of rotatable bonds is 2. The molecule has 0 aromatic rings. The number of hydrogen-bond acceptors (Lipinski definition) is 0. The van der Waals surface area contributed by atoms with E-state index in [0.29, 0.717) is 0 Å². The van der Waals surface area contributed by atoms with E-state index >= 15 is 0 Å². The summed E-state index contributed by atoms with van der Waals surface area (Å²) in [6, 6.07) is 0. The molecule has 0 saturated heterocycles. The van der Waals surface area contributed by atoms with E-state index < -0.39 is 22.9 Å². The van der Waals surface area contributed by atoms with Crippen LogP contribution in [0.5, 0.6) is 0 Å². The zero-order chi connectivity index (χ0) is 13.5. The minimum atomic E-state index is -0.660. The number of allylic oxidation sites excluding steroid dienone is 8. The molecule has 2 fully saturated rings. The first kappa shape index (κ1) is 18.7. The van der Waals surface area contributed by atoms with Gasteiger partial charge in [0.25, 0.3) is 0 Å². The van der Waals surface area contributed by atoms with Gasteiger partial charge in [-0.15, -0.1) is 0 Å². The first-order valence-electron chi connectivity index (χ1n) is 8.32. The molecule has 0 spiro atoms. The molecule has 0 radical (unpaired) electrons. The Kier molecular flexibility index (Phi) is 6.81. The molecule has 2 saturated carbocycles. The molecule has 4 aliphatic rings. The normalized spacial score (nSPS) is 38.0. The molecule has 0 amide bonds. The van der Waals surface area contributed by atoms with E-state index in [9.17, 15) is 0 Å². The molecule has 118 valence electrons. The second-order valence-corrected chi connectivity index (χ2v) is 12.6. The maximum absolute atomic E-state index is 2.58. The van der Waals surface area contributed by atoms with Gasteiger partial charge >= 0.3 is 135 Å². The molecule has 0 nitrogen and oxygen atoms in total. The Morgan fingerprint density at radius 2 is 1.64 bits per heavy atom. The Hall–Kier alpha value is 0.410. The quantitative estimate of drug-likeness (QED) is 0.438. The van der Waals surface area contributed by atoms with Crippen LogP contribution < -0.4 is 24.8 Å². The van der Waals surface area contributed by atoms with Crippen LogP contribution in [0, 0.1) is 23.7 Å². The van der Waals surface area contributed by atoms with Crippen LogP contribution in [0.3, 0.4) is 0 Å². The van der Waals surface area contributed by atoms with Crippen molar-refractivity contribution in [1.82, 2.24) is 0 Å². The Morgan fingerprint density at radius 1 is 0.955 bits per heavy atom. The van der Waals surface area contributed by atoms with Crippen molar-refractivity contribution in [1.29, 1.82) is 0 Å². The monoisotopic (exact) mass is 502 g/mol. The zero-order valence-corrected chi connectivity index (χ0v) is 18.2. The summed E-state index contributed by atoms with van der Waals surface area (Å²) in [5.74, 6) is 3.92. The van der Waals surface area contributed by atoms with Crippen molar-refractivity contribution in [3.8, 4) is 0 Å². The van der Waals surface area contributed by atoms with Crippen LogP contribution >= 0.6 is 0 Å². The summed E-state index contributed by atoms with van der Waals surface area (Å²) in [4.78, 5) is 0. The summed E-state index contributed by atoms with van der Waals surface area (Å²) in [6.45, 7) is 2.35. The number of halogens is 2. The minimum absolute atomic E-state index is 0. The van der Waals surface area contributed by atoms with Gasteiger partial charge in [0.1, 0.15) is 0 Å². The van der Waals surface area contributed by atoms with E-state index in [0.717, 1.165) is 27.3 Å². The smallest absolute Gasteiger partial charge is 1.00 e. The minimum Gasteiger partial charge on any atom is -1.00 e. The summed E-state index contributed by atoms with van der Waals surface area (Å²) in [5.41, 5.74) is 1.64. The molecule has 3 heteroatoms. The van der Waals surface area contributed by atoms with E-state index in [-0.39, 0.29) is 24.8 Å². The Morgan fingerprint density at radius 3 is 2.32 bits per heavy atom. The molecule has 4 aliphatic carbocycles. The first-order valence-corrected chi connectivity index (χ1v) is 12.2. The molecule has 5 atom stereocenters. The van der Waals surface area contributed by atoms with Crippen molar-refractivity contribution in [3.05, 3.63) is 45.4 Å². The van der Waals surface area contributed by atoms with Gasteiger partial charge in [-0.2, -0.15) is 0 Å². The van der Waals surface area contributed by atoms with Gasteiger partial charge < -0.3 is 24.8 Å². The second-order valence-electron chi connectivity index (χ2n) is 6.97. The maximum atomic E-state index is 2.58. The van der Waals surface area contributed by atoms with Gasteiger partial charge in [0.15, 0.2) is 0 Å². The molecule has 0 bridgehead atoms. The second kappa shape index (κ2) is 7.99. The van der Waals surface area contributed by atoms with Crippen LogP contribution in [0.25, 0.3) is 0 Å². The molecule has 0 N–H and O–H groups in total. The molecular weight excluding hydrogens is 478 g/mol. The van der Waals surface area contributed by atoms with Crippen LogP contribution in [0.1, 0.15) is 39.0 Å². The van der Waals surface area contributed by atoms with Crippen molar-refractivity contribution < 1.29 is 47.7 Å². The van der Waals surface area contributed by atoms with Crippen molar-refractivity contribution in [2.24, 2.45) is 23.7 Å². The van der Waals surface area contributed by atoms with Gasteiger partial charge in [0.05, 0.1) is 0 Å². The molecular formula is C19H24Cl2Hf. The van der Waals surface area contributed by atoms with Crippen LogP contribution in [0.15, 0.2) is 45.4 Å². The Bertz CT molecular complexity index is 518.